The van der Waals surface area contributed by atoms with Crippen LogP contribution in [0.5, 0.6) is 5.75 Å². The molecule has 0 aliphatic rings. The molecule has 0 radical (unpaired) electrons. The summed E-state index contributed by atoms with van der Waals surface area (Å²) in [6.45, 7) is 8.22. The fourth-order valence-corrected chi connectivity index (χ4v) is 3.15. The Hall–Kier alpha value is -3.08. The number of carbonyl (C=O) groups is 1. The van der Waals surface area contributed by atoms with Crippen molar-refractivity contribution in [1.29, 1.82) is 0 Å². The number of carbonyl (C=O) groups excluding carboxylic acids is 1. The molecular weight excluding hydrogens is 362 g/mol. The fourth-order valence-electron chi connectivity index (χ4n) is 3.15. The van der Waals surface area contributed by atoms with E-state index in [4.69, 9.17) is 4.74 Å². The van der Waals surface area contributed by atoms with Crippen molar-refractivity contribution >= 4 is 5.91 Å². The minimum Gasteiger partial charge on any atom is -0.481 e. The minimum absolute atomic E-state index is 0.0154. The van der Waals surface area contributed by atoms with Gasteiger partial charge in [-0.25, -0.2) is 4.98 Å². The van der Waals surface area contributed by atoms with Crippen LogP contribution >= 0.6 is 0 Å². The summed E-state index contributed by atoms with van der Waals surface area (Å²) in [6, 6.07) is 17.4. The fraction of sp³-hybridized carbons (Fsp3) is 0.333. The molecule has 2 aromatic carbocycles. The average molecular weight is 392 g/mol. The summed E-state index contributed by atoms with van der Waals surface area (Å²) in [5.41, 5.74) is 2.15. The highest BCUT2D eigenvalue weighted by Gasteiger charge is 2.24. The van der Waals surface area contributed by atoms with E-state index in [0.717, 1.165) is 17.0 Å². The van der Waals surface area contributed by atoms with Gasteiger partial charge in [-0.15, -0.1) is 0 Å². The molecule has 0 bridgehead atoms. The van der Waals surface area contributed by atoms with Gasteiger partial charge in [0.1, 0.15) is 17.6 Å². The zero-order chi connectivity index (χ0) is 21.0. The molecule has 1 aromatic heterocycles. The third-order valence-corrected chi connectivity index (χ3v) is 4.92. The zero-order valence-corrected chi connectivity index (χ0v) is 17.7. The van der Waals surface area contributed by atoms with Gasteiger partial charge in [0.15, 0.2) is 6.10 Å². The van der Waals surface area contributed by atoms with Crippen LogP contribution in [0.15, 0.2) is 67.0 Å². The Balaban J connectivity index is 1.77. The smallest absolute Gasteiger partial charge is 0.261 e. The molecule has 3 aromatic rings. The molecule has 152 valence electrons. The summed E-state index contributed by atoms with van der Waals surface area (Å²) in [6.07, 6.45) is 2.96. The number of aromatic nitrogens is 2. The first-order chi connectivity index (χ1) is 13.8. The highest BCUT2D eigenvalue weighted by molar-refractivity contribution is 5.81. The van der Waals surface area contributed by atoms with Gasteiger partial charge in [0.05, 0.1) is 0 Å². The minimum atomic E-state index is -0.642. The second-order valence-electron chi connectivity index (χ2n) is 8.29. The molecule has 0 saturated carbocycles. The first kappa shape index (κ1) is 20.6. The summed E-state index contributed by atoms with van der Waals surface area (Å²) >= 11 is 0. The third kappa shape index (κ3) is 5.05. The van der Waals surface area contributed by atoms with Crippen molar-refractivity contribution in [1.82, 2.24) is 14.9 Å². The predicted molar refractivity (Wildman–Crippen MR) is 115 cm³/mol. The molecule has 0 spiro atoms. The first-order valence-electron chi connectivity index (χ1n) is 9.85. The maximum absolute atomic E-state index is 12.9. The monoisotopic (exact) mass is 391 g/mol. The second kappa shape index (κ2) is 8.52. The lowest BCUT2D eigenvalue weighted by Crippen LogP contribution is -2.39. The van der Waals surface area contributed by atoms with Crippen LogP contribution in [0, 0.1) is 0 Å². The van der Waals surface area contributed by atoms with E-state index >= 15 is 0 Å². The van der Waals surface area contributed by atoms with Gasteiger partial charge in [0.2, 0.25) is 0 Å². The molecule has 2 atom stereocenters. The maximum Gasteiger partial charge on any atom is 0.261 e. The van der Waals surface area contributed by atoms with Crippen LogP contribution in [0.4, 0.5) is 0 Å². The summed E-state index contributed by atoms with van der Waals surface area (Å²) in [5, 5.41) is 3.09. The molecule has 29 heavy (non-hydrogen) atoms. The van der Waals surface area contributed by atoms with E-state index < -0.39 is 6.10 Å². The van der Waals surface area contributed by atoms with Crippen molar-refractivity contribution in [3.63, 3.8) is 0 Å². The molecule has 1 amide bonds. The molecule has 1 N–H and O–H groups in total. The molecular formula is C24H29N3O2. The lowest BCUT2D eigenvalue weighted by molar-refractivity contribution is -0.127. The van der Waals surface area contributed by atoms with Gasteiger partial charge < -0.3 is 14.6 Å². The maximum atomic E-state index is 12.9. The van der Waals surface area contributed by atoms with Gasteiger partial charge in [-0.1, -0.05) is 63.2 Å². The summed E-state index contributed by atoms with van der Waals surface area (Å²) in [4.78, 5) is 17.4. The highest BCUT2D eigenvalue weighted by atomic mass is 16.5. The van der Waals surface area contributed by atoms with Crippen LogP contribution in [0.1, 0.15) is 50.7 Å². The first-order valence-corrected chi connectivity index (χ1v) is 9.85. The Labute approximate surface area is 172 Å². The Kier molecular flexibility index (Phi) is 6.06. The van der Waals surface area contributed by atoms with Crippen molar-refractivity contribution in [3.05, 3.63) is 83.9 Å². The van der Waals surface area contributed by atoms with Gasteiger partial charge >= 0.3 is 0 Å². The zero-order valence-electron chi connectivity index (χ0n) is 17.7. The number of nitrogens with one attached hydrogen (secondary N) is 1. The van der Waals surface area contributed by atoms with E-state index in [1.165, 1.54) is 0 Å². The van der Waals surface area contributed by atoms with Crippen LogP contribution in [0.25, 0.3) is 0 Å². The predicted octanol–water partition coefficient (Wildman–Crippen LogP) is 4.39. The van der Waals surface area contributed by atoms with Crippen molar-refractivity contribution in [2.75, 3.05) is 0 Å². The van der Waals surface area contributed by atoms with Crippen molar-refractivity contribution in [3.8, 4) is 5.75 Å². The Morgan fingerprint density at radius 3 is 2.45 bits per heavy atom. The van der Waals surface area contributed by atoms with Crippen LogP contribution in [-0.2, 0) is 17.3 Å². The molecule has 0 fully saturated rings. The van der Waals surface area contributed by atoms with Gasteiger partial charge in [-0.3, -0.25) is 4.79 Å². The van der Waals surface area contributed by atoms with Gasteiger partial charge in [0, 0.05) is 19.4 Å². The van der Waals surface area contributed by atoms with Crippen LogP contribution in [0.2, 0.25) is 0 Å². The van der Waals surface area contributed by atoms with E-state index in [2.05, 4.69) is 37.1 Å². The van der Waals surface area contributed by atoms with E-state index in [-0.39, 0.29) is 17.4 Å². The average Bonchev–Trinajstić information content (AvgIpc) is 3.11. The number of hydrogen-bond acceptors (Lipinski definition) is 3. The number of rotatable bonds is 6. The van der Waals surface area contributed by atoms with Crippen LogP contribution in [0.3, 0.4) is 0 Å². The molecule has 0 aliphatic heterocycles. The number of benzene rings is 2. The molecule has 3 rings (SSSR count). The van der Waals surface area contributed by atoms with Gasteiger partial charge in [0.25, 0.3) is 5.91 Å². The van der Waals surface area contributed by atoms with Gasteiger partial charge in [-0.2, -0.15) is 0 Å². The Morgan fingerprint density at radius 2 is 1.83 bits per heavy atom. The number of hydrogen-bond donors (Lipinski definition) is 1. The standard InChI is InChI=1S/C24H29N3O2/c1-17(29-20-13-9-12-19(16-20)24(2,3)4)23(28)26-21(18-10-7-6-8-11-18)22-25-14-15-27(22)5/h6-17,21H,1-5H3,(H,26,28). The summed E-state index contributed by atoms with van der Waals surface area (Å²) in [5.74, 6) is 1.27. The van der Waals surface area contributed by atoms with E-state index in [1.807, 2.05) is 66.3 Å². The molecule has 1 heterocycles. The van der Waals surface area contributed by atoms with Crippen LogP contribution < -0.4 is 10.1 Å². The number of nitrogens with zero attached hydrogens (tertiary/aromatic N) is 2. The SMILES string of the molecule is CC(Oc1cccc(C(C)(C)C)c1)C(=O)NC(c1ccccc1)c1nccn1C. The quantitative estimate of drug-likeness (QED) is 0.678. The topological polar surface area (TPSA) is 56.1 Å². The number of ether oxygens (including phenoxy) is 1. The van der Waals surface area contributed by atoms with E-state index in [1.54, 1.807) is 13.1 Å². The normalized spacial score (nSPS) is 13.6. The van der Waals surface area contributed by atoms with Crippen LogP contribution in [-0.4, -0.2) is 21.6 Å². The molecule has 0 aliphatic carbocycles. The van der Waals surface area contributed by atoms with E-state index in [9.17, 15) is 4.79 Å². The molecule has 5 nitrogen and oxygen atoms in total. The summed E-state index contributed by atoms with van der Waals surface area (Å²) in [7, 11) is 1.92. The Morgan fingerprint density at radius 1 is 1.10 bits per heavy atom. The van der Waals surface area contributed by atoms with Crippen molar-refractivity contribution < 1.29 is 9.53 Å². The third-order valence-electron chi connectivity index (χ3n) is 4.92. The highest BCUT2D eigenvalue weighted by Crippen LogP contribution is 2.26. The van der Waals surface area contributed by atoms with Crippen molar-refractivity contribution in [2.45, 2.75) is 45.3 Å². The lowest BCUT2D eigenvalue weighted by atomic mass is 9.87. The largest absolute Gasteiger partial charge is 0.481 e. The summed E-state index contributed by atoms with van der Waals surface area (Å²) < 4.78 is 7.87. The van der Waals surface area contributed by atoms with Gasteiger partial charge in [-0.05, 0) is 35.6 Å². The molecule has 2 unspecified atom stereocenters. The molecule has 0 saturated heterocycles. The lowest BCUT2D eigenvalue weighted by Gasteiger charge is -2.23. The second-order valence-corrected chi connectivity index (χ2v) is 8.29. The van der Waals surface area contributed by atoms with Crippen molar-refractivity contribution in [2.24, 2.45) is 7.05 Å². The molecule has 5 heteroatoms. The Bertz CT molecular complexity index is 958. The van der Waals surface area contributed by atoms with E-state index in [0.29, 0.717) is 5.75 Å². The number of imidazole rings is 1. The number of aryl methyl sites for hydroxylation is 1. The number of amides is 1.